The monoisotopic (exact) mass is 365 g/mol. The van der Waals surface area contributed by atoms with Crippen molar-refractivity contribution in [2.75, 3.05) is 43.4 Å². The van der Waals surface area contributed by atoms with E-state index in [1.165, 1.54) is 0 Å². The largest absolute Gasteiger partial charge is 0.353 e. The summed E-state index contributed by atoms with van der Waals surface area (Å²) in [5.41, 5.74) is 0.669. The Morgan fingerprint density at radius 1 is 1.08 bits per heavy atom. The molecule has 1 aliphatic rings. The molecule has 0 aliphatic carbocycles. The number of hydrogen-bond acceptors (Lipinski definition) is 5. The summed E-state index contributed by atoms with van der Waals surface area (Å²) in [6.45, 7) is 3.76. The SMILES string of the molecule is CN1CCN(c2ccc(C(=O)Nc3cccc(Cl)c3Cl)nn2)CC1. The van der Waals surface area contributed by atoms with E-state index < -0.39 is 0 Å². The normalized spacial score (nSPS) is 15.4. The van der Waals surface area contributed by atoms with Crippen LogP contribution in [0.15, 0.2) is 30.3 Å². The van der Waals surface area contributed by atoms with Gasteiger partial charge in [-0.3, -0.25) is 4.79 Å². The Bertz CT molecular complexity index is 730. The number of amides is 1. The van der Waals surface area contributed by atoms with Crippen LogP contribution in [-0.4, -0.2) is 54.2 Å². The molecule has 8 heteroatoms. The zero-order valence-electron chi connectivity index (χ0n) is 13.2. The molecule has 0 atom stereocenters. The molecule has 1 aromatic carbocycles. The van der Waals surface area contributed by atoms with Crippen molar-refractivity contribution >= 4 is 40.6 Å². The second kappa shape index (κ2) is 7.34. The number of halogens is 2. The number of aromatic nitrogens is 2. The minimum absolute atomic E-state index is 0.226. The number of rotatable bonds is 3. The highest BCUT2D eigenvalue weighted by Crippen LogP contribution is 2.29. The molecule has 3 rings (SSSR count). The fourth-order valence-corrected chi connectivity index (χ4v) is 2.78. The Balaban J connectivity index is 1.69. The van der Waals surface area contributed by atoms with Crippen molar-refractivity contribution in [2.24, 2.45) is 0 Å². The Hall–Kier alpha value is -1.89. The Labute approximate surface area is 150 Å². The maximum absolute atomic E-state index is 12.3. The molecule has 1 N–H and O–H groups in total. The number of benzene rings is 1. The van der Waals surface area contributed by atoms with E-state index in [1.807, 2.05) is 6.07 Å². The zero-order valence-corrected chi connectivity index (χ0v) is 14.7. The van der Waals surface area contributed by atoms with Gasteiger partial charge in [-0.05, 0) is 31.3 Å². The predicted octanol–water partition coefficient (Wildman–Crippen LogP) is 2.79. The summed E-state index contributed by atoms with van der Waals surface area (Å²) >= 11 is 12.0. The molecule has 1 saturated heterocycles. The van der Waals surface area contributed by atoms with Crippen LogP contribution in [0.1, 0.15) is 10.5 Å². The summed E-state index contributed by atoms with van der Waals surface area (Å²) in [5, 5.41) is 11.6. The lowest BCUT2D eigenvalue weighted by atomic mass is 10.3. The van der Waals surface area contributed by atoms with Gasteiger partial charge in [0.1, 0.15) is 0 Å². The summed E-state index contributed by atoms with van der Waals surface area (Å²) in [6.07, 6.45) is 0. The number of anilines is 2. The van der Waals surface area contributed by atoms with Gasteiger partial charge in [0.2, 0.25) is 0 Å². The number of nitrogens with one attached hydrogen (secondary N) is 1. The fraction of sp³-hybridized carbons (Fsp3) is 0.312. The van der Waals surface area contributed by atoms with Gasteiger partial charge < -0.3 is 15.1 Å². The molecule has 6 nitrogen and oxygen atoms in total. The van der Waals surface area contributed by atoms with Gasteiger partial charge in [0, 0.05) is 26.2 Å². The van der Waals surface area contributed by atoms with E-state index >= 15 is 0 Å². The second-order valence-corrected chi connectivity index (χ2v) is 6.41. The molecule has 0 spiro atoms. The first-order chi connectivity index (χ1) is 11.5. The Kier molecular flexibility index (Phi) is 5.18. The van der Waals surface area contributed by atoms with Crippen LogP contribution in [0.2, 0.25) is 10.0 Å². The van der Waals surface area contributed by atoms with Crippen molar-refractivity contribution in [1.29, 1.82) is 0 Å². The van der Waals surface area contributed by atoms with E-state index in [0.717, 1.165) is 32.0 Å². The molecule has 0 saturated carbocycles. The topological polar surface area (TPSA) is 61.4 Å². The van der Waals surface area contributed by atoms with Crippen molar-refractivity contribution in [1.82, 2.24) is 15.1 Å². The van der Waals surface area contributed by atoms with Crippen LogP contribution in [0.3, 0.4) is 0 Å². The van der Waals surface area contributed by atoms with Gasteiger partial charge in [-0.1, -0.05) is 29.3 Å². The average Bonchev–Trinajstić information content (AvgIpc) is 2.60. The third-order valence-corrected chi connectivity index (χ3v) is 4.73. The lowest BCUT2D eigenvalue weighted by Crippen LogP contribution is -2.44. The molecule has 2 aromatic rings. The molecular formula is C16H17Cl2N5O. The summed E-state index contributed by atoms with van der Waals surface area (Å²) in [7, 11) is 2.09. The zero-order chi connectivity index (χ0) is 17.1. The molecule has 2 heterocycles. The van der Waals surface area contributed by atoms with Crippen LogP contribution in [0.25, 0.3) is 0 Å². The first kappa shape index (κ1) is 17.0. The van der Waals surface area contributed by atoms with Gasteiger partial charge in [0.25, 0.3) is 5.91 Å². The molecule has 1 aromatic heterocycles. The number of carbonyl (C=O) groups is 1. The van der Waals surface area contributed by atoms with Crippen LogP contribution in [0.4, 0.5) is 11.5 Å². The van der Waals surface area contributed by atoms with E-state index in [1.54, 1.807) is 24.3 Å². The molecule has 1 aliphatic heterocycles. The molecule has 0 radical (unpaired) electrons. The number of nitrogens with zero attached hydrogens (tertiary/aromatic N) is 4. The van der Waals surface area contributed by atoms with Crippen LogP contribution in [-0.2, 0) is 0 Å². The second-order valence-electron chi connectivity index (χ2n) is 5.62. The standard InChI is InChI=1S/C16H17Cl2N5O/c1-22-7-9-23(10-8-22)14-6-5-13(20-21-14)16(24)19-12-4-2-3-11(17)15(12)18/h2-6H,7-10H2,1H3,(H,19,24). The number of hydrogen-bond donors (Lipinski definition) is 1. The van der Waals surface area contributed by atoms with E-state index in [9.17, 15) is 4.79 Å². The van der Waals surface area contributed by atoms with Gasteiger partial charge in [-0.15, -0.1) is 10.2 Å². The Morgan fingerprint density at radius 3 is 2.50 bits per heavy atom. The average molecular weight is 366 g/mol. The Morgan fingerprint density at radius 2 is 1.83 bits per heavy atom. The van der Waals surface area contributed by atoms with Crippen LogP contribution in [0, 0.1) is 0 Å². The summed E-state index contributed by atoms with van der Waals surface area (Å²) < 4.78 is 0. The molecule has 1 amide bonds. The van der Waals surface area contributed by atoms with Gasteiger partial charge in [0.05, 0.1) is 15.7 Å². The van der Waals surface area contributed by atoms with Gasteiger partial charge in [0.15, 0.2) is 11.5 Å². The molecule has 126 valence electrons. The highest BCUT2D eigenvalue weighted by Gasteiger charge is 2.17. The number of carbonyl (C=O) groups excluding carboxylic acids is 1. The molecule has 0 bridgehead atoms. The van der Waals surface area contributed by atoms with E-state index in [2.05, 4.69) is 32.4 Å². The van der Waals surface area contributed by atoms with Gasteiger partial charge in [-0.2, -0.15) is 0 Å². The van der Waals surface area contributed by atoms with Crippen molar-refractivity contribution in [3.05, 3.63) is 46.1 Å². The van der Waals surface area contributed by atoms with E-state index in [0.29, 0.717) is 15.7 Å². The molecule has 24 heavy (non-hydrogen) atoms. The number of likely N-dealkylation sites (N-methyl/N-ethyl adjacent to an activating group) is 1. The molecule has 0 unspecified atom stereocenters. The summed E-state index contributed by atoms with van der Waals surface area (Å²) in [5.74, 6) is 0.400. The van der Waals surface area contributed by atoms with E-state index in [4.69, 9.17) is 23.2 Å². The summed E-state index contributed by atoms with van der Waals surface area (Å²) in [4.78, 5) is 16.7. The molecular weight excluding hydrogens is 349 g/mol. The minimum Gasteiger partial charge on any atom is -0.353 e. The smallest absolute Gasteiger partial charge is 0.276 e. The van der Waals surface area contributed by atoms with E-state index in [-0.39, 0.29) is 11.6 Å². The third-order valence-electron chi connectivity index (χ3n) is 3.91. The van der Waals surface area contributed by atoms with Crippen LogP contribution in [0.5, 0.6) is 0 Å². The first-order valence-electron chi connectivity index (χ1n) is 7.57. The third kappa shape index (κ3) is 3.77. The first-order valence-corrected chi connectivity index (χ1v) is 8.33. The maximum Gasteiger partial charge on any atom is 0.276 e. The predicted molar refractivity (Wildman–Crippen MR) is 96.2 cm³/mol. The highest BCUT2D eigenvalue weighted by molar-refractivity contribution is 6.44. The van der Waals surface area contributed by atoms with Crippen molar-refractivity contribution in [3.8, 4) is 0 Å². The van der Waals surface area contributed by atoms with Gasteiger partial charge >= 0.3 is 0 Å². The quantitative estimate of drug-likeness (QED) is 0.905. The lowest BCUT2D eigenvalue weighted by Gasteiger charge is -2.32. The minimum atomic E-state index is -0.378. The summed E-state index contributed by atoms with van der Waals surface area (Å²) in [6, 6.07) is 8.52. The fourth-order valence-electron chi connectivity index (χ4n) is 2.44. The lowest BCUT2D eigenvalue weighted by molar-refractivity contribution is 0.102. The highest BCUT2D eigenvalue weighted by atomic mass is 35.5. The van der Waals surface area contributed by atoms with Gasteiger partial charge in [-0.25, -0.2) is 0 Å². The van der Waals surface area contributed by atoms with Crippen molar-refractivity contribution < 1.29 is 4.79 Å². The van der Waals surface area contributed by atoms with Crippen LogP contribution < -0.4 is 10.2 Å². The van der Waals surface area contributed by atoms with Crippen LogP contribution >= 0.6 is 23.2 Å². The van der Waals surface area contributed by atoms with Crippen molar-refractivity contribution in [2.45, 2.75) is 0 Å². The van der Waals surface area contributed by atoms with Crippen molar-refractivity contribution in [3.63, 3.8) is 0 Å². The number of piperazine rings is 1. The maximum atomic E-state index is 12.3. The molecule has 1 fully saturated rings.